The Balaban J connectivity index is -0.000000160. The zero-order chi connectivity index (χ0) is 13.2. The van der Waals surface area contributed by atoms with E-state index < -0.39 is 0 Å². The van der Waals surface area contributed by atoms with E-state index in [9.17, 15) is 0 Å². The molecule has 16 heavy (non-hydrogen) atoms. The molecule has 3 heteroatoms. The number of hydrogen-bond acceptors (Lipinski definition) is 3. The third-order valence-corrected chi connectivity index (χ3v) is 1.39. The highest BCUT2D eigenvalue weighted by molar-refractivity contribution is 4.67. The topological polar surface area (TPSA) is 60.7 Å². The van der Waals surface area contributed by atoms with Gasteiger partial charge in [-0.25, -0.2) is 0 Å². The third-order valence-electron chi connectivity index (χ3n) is 1.39. The van der Waals surface area contributed by atoms with E-state index in [1.165, 1.54) is 0 Å². The van der Waals surface area contributed by atoms with Crippen LogP contribution in [-0.2, 0) is 0 Å². The minimum absolute atomic E-state index is 0.331. The molecule has 0 aliphatic carbocycles. The lowest BCUT2D eigenvalue weighted by molar-refractivity contribution is 0.268. The molecular formula is C13H28O3. The Morgan fingerprint density at radius 1 is 0.938 bits per heavy atom. The first-order valence-corrected chi connectivity index (χ1v) is 5.79. The molecule has 0 saturated heterocycles. The van der Waals surface area contributed by atoms with E-state index in [1.54, 1.807) is 12.2 Å². The summed E-state index contributed by atoms with van der Waals surface area (Å²) in [6.07, 6.45) is 8.23. The van der Waals surface area contributed by atoms with Crippen LogP contribution in [0, 0.1) is 5.92 Å². The Hall–Kier alpha value is -0.960. The molecule has 0 unspecified atom stereocenters. The molecule has 0 aromatic heterocycles. The Bertz CT molecular complexity index is 128. The van der Waals surface area contributed by atoms with Crippen LogP contribution in [0.1, 0.15) is 47.0 Å². The Labute approximate surface area is 100 Å². The maximum atomic E-state index is 8.24. The molecule has 0 spiro atoms. The summed E-state index contributed by atoms with van der Waals surface area (Å²) in [5.74, 6) is 0.648. The Morgan fingerprint density at radius 3 is 1.31 bits per heavy atom. The predicted octanol–water partition coefficient (Wildman–Crippen LogP) is 3.96. The third kappa shape index (κ3) is 51.8. The van der Waals surface area contributed by atoms with Crippen molar-refractivity contribution in [3.8, 4) is 0 Å². The van der Waals surface area contributed by atoms with Crippen molar-refractivity contribution in [3.63, 3.8) is 0 Å². The van der Waals surface area contributed by atoms with Crippen molar-refractivity contribution >= 4 is 0 Å². The van der Waals surface area contributed by atoms with Gasteiger partial charge < -0.3 is 15.3 Å². The number of rotatable bonds is 4. The van der Waals surface area contributed by atoms with Gasteiger partial charge in [-0.05, 0) is 25.2 Å². The fourth-order valence-corrected chi connectivity index (χ4v) is 0.469. The summed E-state index contributed by atoms with van der Waals surface area (Å²) in [5, 5.41) is 24.0. The van der Waals surface area contributed by atoms with Gasteiger partial charge in [0.1, 0.15) is 0 Å². The van der Waals surface area contributed by atoms with Crippen LogP contribution in [0.4, 0.5) is 0 Å². The molecule has 0 aromatic carbocycles. The molecule has 0 fully saturated rings. The van der Waals surface area contributed by atoms with Crippen LogP contribution >= 0.6 is 0 Å². The van der Waals surface area contributed by atoms with Gasteiger partial charge in [0.15, 0.2) is 0 Å². The Morgan fingerprint density at radius 2 is 1.31 bits per heavy atom. The number of allylic oxidation sites excluding steroid dienone is 2. The van der Waals surface area contributed by atoms with Crippen LogP contribution in [0.3, 0.4) is 0 Å². The summed E-state index contributed by atoms with van der Waals surface area (Å²) in [6, 6.07) is 0. The minimum atomic E-state index is 0.331. The molecule has 0 aromatic rings. The van der Waals surface area contributed by atoms with Gasteiger partial charge in [-0.2, -0.15) is 0 Å². The van der Waals surface area contributed by atoms with Gasteiger partial charge in [-0.15, -0.1) is 0 Å². The molecule has 3 nitrogen and oxygen atoms in total. The number of aliphatic hydroxyl groups is 3. The predicted molar refractivity (Wildman–Crippen MR) is 70.7 cm³/mol. The van der Waals surface area contributed by atoms with Crippen molar-refractivity contribution in [2.24, 2.45) is 5.92 Å². The van der Waals surface area contributed by atoms with Crippen molar-refractivity contribution in [2.75, 3.05) is 6.61 Å². The average molecular weight is 232 g/mol. The zero-order valence-corrected chi connectivity index (χ0v) is 11.1. The highest BCUT2D eigenvalue weighted by Gasteiger charge is 1.86. The molecule has 0 rings (SSSR count). The SMILES string of the molecule is CC(C)CCO.CCC=CO.CCC=CO. The van der Waals surface area contributed by atoms with Crippen molar-refractivity contribution in [3.05, 3.63) is 24.7 Å². The fourth-order valence-electron chi connectivity index (χ4n) is 0.469. The molecule has 0 aliphatic rings. The van der Waals surface area contributed by atoms with E-state index in [1.807, 2.05) is 13.8 Å². The second kappa shape index (κ2) is 23.7. The maximum absolute atomic E-state index is 8.24. The first kappa shape index (κ1) is 20.5. The lowest BCUT2D eigenvalue weighted by Crippen LogP contribution is -1.89. The van der Waals surface area contributed by atoms with E-state index in [-0.39, 0.29) is 0 Å². The summed E-state index contributed by atoms with van der Waals surface area (Å²) in [7, 11) is 0. The van der Waals surface area contributed by atoms with E-state index >= 15 is 0 Å². The van der Waals surface area contributed by atoms with Gasteiger partial charge in [-0.3, -0.25) is 0 Å². The monoisotopic (exact) mass is 232 g/mol. The molecule has 0 atom stereocenters. The molecule has 0 saturated carbocycles. The van der Waals surface area contributed by atoms with E-state index in [0.717, 1.165) is 31.8 Å². The quantitative estimate of drug-likeness (QED) is 0.643. The summed E-state index contributed by atoms with van der Waals surface area (Å²) in [4.78, 5) is 0. The van der Waals surface area contributed by atoms with Crippen LogP contribution in [-0.4, -0.2) is 21.9 Å². The standard InChI is InChI=1S/C5H12O.2C4H8O/c1-5(2)3-4-6;2*1-2-3-4-5/h5-6H,3-4H2,1-2H3;2*3-5H,2H2,1H3. The van der Waals surface area contributed by atoms with Gasteiger partial charge in [0.2, 0.25) is 0 Å². The second-order valence-corrected chi connectivity index (χ2v) is 3.49. The number of aliphatic hydroxyl groups excluding tert-OH is 3. The zero-order valence-electron chi connectivity index (χ0n) is 11.1. The van der Waals surface area contributed by atoms with E-state index in [4.69, 9.17) is 15.3 Å². The second-order valence-electron chi connectivity index (χ2n) is 3.49. The lowest BCUT2D eigenvalue weighted by atomic mass is 10.2. The van der Waals surface area contributed by atoms with Crippen LogP contribution < -0.4 is 0 Å². The van der Waals surface area contributed by atoms with Gasteiger partial charge >= 0.3 is 0 Å². The summed E-state index contributed by atoms with van der Waals surface area (Å²) in [5.41, 5.74) is 0. The van der Waals surface area contributed by atoms with Crippen LogP contribution in [0.25, 0.3) is 0 Å². The van der Waals surface area contributed by atoms with Crippen molar-refractivity contribution in [1.82, 2.24) is 0 Å². The maximum Gasteiger partial charge on any atom is 0.0751 e. The van der Waals surface area contributed by atoms with Crippen LogP contribution in [0.5, 0.6) is 0 Å². The molecule has 98 valence electrons. The van der Waals surface area contributed by atoms with E-state index in [0.29, 0.717) is 12.5 Å². The van der Waals surface area contributed by atoms with Crippen molar-refractivity contribution in [2.45, 2.75) is 47.0 Å². The van der Waals surface area contributed by atoms with Crippen molar-refractivity contribution in [1.29, 1.82) is 0 Å². The Kier molecular flexibility index (Phi) is 30.3. The lowest BCUT2D eigenvalue weighted by Gasteiger charge is -1.95. The van der Waals surface area contributed by atoms with Crippen molar-refractivity contribution < 1.29 is 15.3 Å². The summed E-state index contributed by atoms with van der Waals surface area (Å²) in [6.45, 7) is 8.45. The molecule has 0 aliphatic heterocycles. The number of hydrogen-bond donors (Lipinski definition) is 3. The van der Waals surface area contributed by atoms with Gasteiger partial charge in [-0.1, -0.05) is 39.8 Å². The molecule has 0 amide bonds. The highest BCUT2D eigenvalue weighted by atomic mass is 16.3. The summed E-state index contributed by atoms with van der Waals surface area (Å²) >= 11 is 0. The van der Waals surface area contributed by atoms with Gasteiger partial charge in [0.05, 0.1) is 12.5 Å². The highest BCUT2D eigenvalue weighted by Crippen LogP contribution is 1.94. The molecule has 0 heterocycles. The molecule has 3 N–H and O–H groups in total. The molecular weight excluding hydrogens is 204 g/mol. The molecule has 0 radical (unpaired) electrons. The first-order valence-electron chi connectivity index (χ1n) is 5.79. The fraction of sp³-hybridized carbons (Fsp3) is 0.692. The van der Waals surface area contributed by atoms with Gasteiger partial charge in [0.25, 0.3) is 0 Å². The van der Waals surface area contributed by atoms with Gasteiger partial charge in [0, 0.05) is 6.61 Å². The smallest absolute Gasteiger partial charge is 0.0751 e. The first-order chi connectivity index (χ1) is 7.60. The minimum Gasteiger partial charge on any atom is -0.516 e. The van der Waals surface area contributed by atoms with Crippen LogP contribution in [0.2, 0.25) is 0 Å². The largest absolute Gasteiger partial charge is 0.516 e. The van der Waals surface area contributed by atoms with E-state index in [2.05, 4.69) is 13.8 Å². The normalized spacial score (nSPS) is 9.88. The average Bonchev–Trinajstić information content (AvgIpc) is 2.21. The summed E-state index contributed by atoms with van der Waals surface area (Å²) < 4.78 is 0. The molecule has 0 bridgehead atoms. The van der Waals surface area contributed by atoms with Crippen LogP contribution in [0.15, 0.2) is 24.7 Å².